The van der Waals surface area contributed by atoms with E-state index in [2.05, 4.69) is 11.8 Å². The molecule has 0 radical (unpaired) electrons. The van der Waals surface area contributed by atoms with Crippen LogP contribution in [-0.2, 0) is 16.0 Å². The van der Waals surface area contributed by atoms with Gasteiger partial charge in [0.2, 0.25) is 5.91 Å². The van der Waals surface area contributed by atoms with Crippen LogP contribution < -0.4 is 0 Å². The van der Waals surface area contributed by atoms with E-state index in [1.807, 2.05) is 36.4 Å². The summed E-state index contributed by atoms with van der Waals surface area (Å²) in [6.07, 6.45) is 5.96. The molecular formula is C21H27NO4. The third-order valence-corrected chi connectivity index (χ3v) is 4.24. The molecule has 5 nitrogen and oxygen atoms in total. The highest BCUT2D eigenvalue weighted by molar-refractivity contribution is 5.77. The summed E-state index contributed by atoms with van der Waals surface area (Å²) in [7, 11) is 0. The first-order valence-electron chi connectivity index (χ1n) is 9.05. The summed E-state index contributed by atoms with van der Waals surface area (Å²) in [5.74, 6) is 5.90. The number of hydrogen-bond acceptors (Lipinski definition) is 4. The number of amides is 1. The fraction of sp³-hybridized carbons (Fsp3) is 0.476. The molecular weight excluding hydrogens is 330 g/mol. The minimum Gasteiger partial charge on any atom is -0.394 e. The standard InChI is InChI=1S/C21H27NO4/c23-14-16-26-15-5-4-13-22-19(9-6-10-21(22)25)11-12-20(24)17-18-7-2-1-3-8-18/h1-3,7-8,11-12,19-20,23-24H,6,9-10,13-17H2/t19?,20-/m0/s1. The molecule has 5 heteroatoms. The Morgan fingerprint density at radius 2 is 2.12 bits per heavy atom. The Morgan fingerprint density at radius 1 is 1.31 bits per heavy atom. The number of carbonyl (C=O) groups is 1. The molecule has 1 amide bonds. The second-order valence-corrected chi connectivity index (χ2v) is 6.25. The zero-order chi connectivity index (χ0) is 18.6. The van der Waals surface area contributed by atoms with Gasteiger partial charge in [0.15, 0.2) is 0 Å². The van der Waals surface area contributed by atoms with Gasteiger partial charge in [-0.25, -0.2) is 0 Å². The van der Waals surface area contributed by atoms with Gasteiger partial charge in [-0.15, -0.1) is 0 Å². The fourth-order valence-corrected chi connectivity index (χ4v) is 2.91. The van der Waals surface area contributed by atoms with Crippen LogP contribution in [0.2, 0.25) is 0 Å². The molecule has 26 heavy (non-hydrogen) atoms. The maximum absolute atomic E-state index is 12.2. The number of nitrogens with zero attached hydrogens (tertiary/aromatic N) is 1. The highest BCUT2D eigenvalue weighted by Crippen LogP contribution is 2.19. The van der Waals surface area contributed by atoms with E-state index >= 15 is 0 Å². The van der Waals surface area contributed by atoms with Crippen molar-refractivity contribution >= 4 is 5.91 Å². The molecule has 140 valence electrons. The minimum atomic E-state index is -0.575. The third kappa shape index (κ3) is 7.01. The van der Waals surface area contributed by atoms with Gasteiger partial charge >= 0.3 is 0 Å². The molecule has 1 fully saturated rings. The molecule has 0 aromatic heterocycles. The summed E-state index contributed by atoms with van der Waals surface area (Å²) in [5.41, 5.74) is 1.08. The van der Waals surface area contributed by atoms with Crippen LogP contribution in [-0.4, -0.2) is 59.5 Å². The fourth-order valence-electron chi connectivity index (χ4n) is 2.91. The van der Waals surface area contributed by atoms with Crippen molar-refractivity contribution in [2.45, 2.75) is 37.8 Å². The number of likely N-dealkylation sites (tertiary alicyclic amines) is 1. The van der Waals surface area contributed by atoms with Gasteiger partial charge in [0.25, 0.3) is 0 Å². The lowest BCUT2D eigenvalue weighted by molar-refractivity contribution is -0.134. The van der Waals surface area contributed by atoms with E-state index in [-0.39, 0.29) is 31.8 Å². The maximum Gasteiger partial charge on any atom is 0.223 e. The highest BCUT2D eigenvalue weighted by Gasteiger charge is 2.25. The molecule has 1 aliphatic heterocycles. The zero-order valence-corrected chi connectivity index (χ0v) is 15.0. The Kier molecular flexibility index (Phi) is 8.91. The molecule has 1 aromatic rings. The van der Waals surface area contributed by atoms with E-state index in [0.29, 0.717) is 19.4 Å². The summed E-state index contributed by atoms with van der Waals surface area (Å²) in [5, 5.41) is 18.9. The van der Waals surface area contributed by atoms with Crippen LogP contribution in [0.25, 0.3) is 0 Å². The maximum atomic E-state index is 12.2. The van der Waals surface area contributed by atoms with Crippen LogP contribution in [0.3, 0.4) is 0 Å². The van der Waals surface area contributed by atoms with Crippen LogP contribution in [0, 0.1) is 11.8 Å². The third-order valence-electron chi connectivity index (χ3n) is 4.24. The van der Waals surface area contributed by atoms with Crippen molar-refractivity contribution in [3.8, 4) is 11.8 Å². The predicted octanol–water partition coefficient (Wildman–Crippen LogP) is 1.54. The van der Waals surface area contributed by atoms with Crippen molar-refractivity contribution in [2.24, 2.45) is 0 Å². The van der Waals surface area contributed by atoms with Crippen molar-refractivity contribution in [2.75, 3.05) is 26.4 Å². The first kappa shape index (κ1) is 20.2. The molecule has 0 aliphatic carbocycles. The quantitative estimate of drug-likeness (QED) is 0.421. The van der Waals surface area contributed by atoms with Gasteiger partial charge in [-0.3, -0.25) is 4.79 Å². The van der Waals surface area contributed by atoms with Gasteiger partial charge in [-0.2, -0.15) is 0 Å². The van der Waals surface area contributed by atoms with Gasteiger partial charge < -0.3 is 19.8 Å². The lowest BCUT2D eigenvalue weighted by atomic mass is 9.99. The Balaban J connectivity index is 1.88. The molecule has 1 aromatic carbocycles. The summed E-state index contributed by atoms with van der Waals surface area (Å²) < 4.78 is 5.09. The molecule has 0 spiro atoms. The Bertz CT molecular complexity index is 632. The summed E-state index contributed by atoms with van der Waals surface area (Å²) in [4.78, 5) is 14.0. The average molecular weight is 357 g/mol. The molecule has 1 unspecified atom stereocenters. The van der Waals surface area contributed by atoms with E-state index in [1.165, 1.54) is 0 Å². The molecule has 1 aliphatic rings. The summed E-state index contributed by atoms with van der Waals surface area (Å²) in [6, 6.07) is 9.80. The molecule has 1 heterocycles. The van der Waals surface area contributed by atoms with E-state index in [4.69, 9.17) is 9.84 Å². The van der Waals surface area contributed by atoms with Gasteiger partial charge in [-0.05, 0) is 18.4 Å². The first-order valence-corrected chi connectivity index (χ1v) is 9.05. The van der Waals surface area contributed by atoms with Crippen molar-refractivity contribution in [1.82, 2.24) is 4.90 Å². The van der Waals surface area contributed by atoms with Gasteiger partial charge in [-0.1, -0.05) is 54.3 Å². The number of aliphatic hydroxyl groups is 2. The van der Waals surface area contributed by atoms with E-state index in [9.17, 15) is 9.90 Å². The van der Waals surface area contributed by atoms with E-state index in [1.54, 1.807) is 11.0 Å². The molecule has 0 saturated carbocycles. The number of benzene rings is 1. The van der Waals surface area contributed by atoms with E-state index < -0.39 is 6.10 Å². The van der Waals surface area contributed by atoms with Crippen LogP contribution in [0.5, 0.6) is 0 Å². The zero-order valence-electron chi connectivity index (χ0n) is 15.0. The van der Waals surface area contributed by atoms with Crippen LogP contribution in [0.4, 0.5) is 0 Å². The largest absolute Gasteiger partial charge is 0.394 e. The number of carbonyl (C=O) groups excluding carboxylic acids is 1. The van der Waals surface area contributed by atoms with E-state index in [0.717, 1.165) is 18.4 Å². The number of piperidine rings is 1. The predicted molar refractivity (Wildman–Crippen MR) is 100 cm³/mol. The molecule has 1 saturated heterocycles. The smallest absolute Gasteiger partial charge is 0.223 e. The normalized spacial score (nSPS) is 18.6. The van der Waals surface area contributed by atoms with Gasteiger partial charge in [0.05, 0.1) is 31.9 Å². The number of ether oxygens (including phenoxy) is 1. The number of rotatable bonds is 8. The Morgan fingerprint density at radius 3 is 2.88 bits per heavy atom. The van der Waals surface area contributed by atoms with Gasteiger partial charge in [0, 0.05) is 12.8 Å². The molecule has 2 N–H and O–H groups in total. The van der Waals surface area contributed by atoms with Crippen LogP contribution in [0.15, 0.2) is 42.5 Å². The highest BCUT2D eigenvalue weighted by atomic mass is 16.5. The monoisotopic (exact) mass is 357 g/mol. The Hall–Kier alpha value is -2.13. The van der Waals surface area contributed by atoms with Crippen molar-refractivity contribution < 1.29 is 19.7 Å². The average Bonchev–Trinajstić information content (AvgIpc) is 2.65. The minimum absolute atomic E-state index is 0.0233. The molecule has 0 bridgehead atoms. The number of hydrogen-bond donors (Lipinski definition) is 2. The molecule has 2 atom stereocenters. The lowest BCUT2D eigenvalue weighted by Crippen LogP contribution is -2.42. The van der Waals surface area contributed by atoms with Crippen LogP contribution >= 0.6 is 0 Å². The Labute approximate surface area is 155 Å². The SMILES string of the molecule is O=C1CCCC(C=C[C@H](O)Cc2ccccc2)N1CC#CCOCCO. The van der Waals surface area contributed by atoms with Crippen molar-refractivity contribution in [3.05, 3.63) is 48.0 Å². The van der Waals surface area contributed by atoms with Crippen molar-refractivity contribution in [3.63, 3.8) is 0 Å². The first-order chi connectivity index (χ1) is 12.7. The summed E-state index contributed by atoms with van der Waals surface area (Å²) >= 11 is 0. The topological polar surface area (TPSA) is 70.0 Å². The number of aliphatic hydroxyl groups excluding tert-OH is 2. The van der Waals surface area contributed by atoms with Crippen molar-refractivity contribution in [1.29, 1.82) is 0 Å². The summed E-state index contributed by atoms with van der Waals surface area (Å²) in [6.45, 7) is 0.844. The lowest BCUT2D eigenvalue weighted by Gasteiger charge is -2.32. The molecule has 2 rings (SSSR count). The van der Waals surface area contributed by atoms with Gasteiger partial charge in [0.1, 0.15) is 6.61 Å². The van der Waals surface area contributed by atoms with Crippen LogP contribution in [0.1, 0.15) is 24.8 Å². The second-order valence-electron chi connectivity index (χ2n) is 6.25. The second kappa shape index (κ2) is 11.5.